The molecule has 174 valence electrons. The third-order valence-corrected chi connectivity index (χ3v) is 4.90. The smallest absolute Gasteiger partial charge is 0.339 e. The summed E-state index contributed by atoms with van der Waals surface area (Å²) in [5, 5.41) is 10.1. The van der Waals surface area contributed by atoms with E-state index in [1.54, 1.807) is 24.3 Å². The van der Waals surface area contributed by atoms with Crippen LogP contribution in [-0.2, 0) is 18.3 Å². The minimum absolute atomic E-state index is 0.0156. The zero-order chi connectivity index (χ0) is 24.4. The molecule has 0 saturated heterocycles. The van der Waals surface area contributed by atoms with Crippen molar-refractivity contribution in [3.05, 3.63) is 86.4 Å². The molecule has 0 radical (unpaired) electrons. The predicted molar refractivity (Wildman–Crippen MR) is 116 cm³/mol. The Bertz CT molecular complexity index is 1490. The summed E-state index contributed by atoms with van der Waals surface area (Å²) in [5.74, 6) is -2.22. The Kier molecular flexibility index (Phi) is 6.13. The molecule has 2 heterocycles. The zero-order valence-corrected chi connectivity index (χ0v) is 18.1. The molecule has 4 rings (SSSR count). The Balaban J connectivity index is 1.54. The number of hydrogen-bond donors (Lipinski definition) is 1. The Labute approximate surface area is 190 Å². The number of benzene rings is 2. The van der Waals surface area contributed by atoms with Crippen LogP contribution in [0, 0.1) is 18.6 Å². The van der Waals surface area contributed by atoms with Gasteiger partial charge in [0, 0.05) is 26.0 Å². The van der Waals surface area contributed by atoms with Crippen molar-refractivity contribution < 1.29 is 18.1 Å². The maximum atomic E-state index is 13.7. The number of nitrogens with zero attached hydrogens (tertiary/aromatic N) is 5. The van der Waals surface area contributed by atoms with Crippen LogP contribution in [0.25, 0.3) is 17.2 Å². The maximum Gasteiger partial charge on any atom is 0.351 e. The minimum Gasteiger partial charge on any atom is -0.339 e. The lowest BCUT2D eigenvalue weighted by Gasteiger charge is -2.08. The lowest BCUT2D eigenvalue weighted by atomic mass is 10.2. The summed E-state index contributed by atoms with van der Waals surface area (Å²) in [7, 11) is 1.30. The molecule has 1 N–H and O–H groups in total. The van der Waals surface area contributed by atoms with Gasteiger partial charge in [0.05, 0.1) is 11.4 Å². The van der Waals surface area contributed by atoms with E-state index in [0.29, 0.717) is 5.69 Å². The number of carbonyl (C=O) groups is 1. The van der Waals surface area contributed by atoms with Crippen molar-refractivity contribution in [1.82, 2.24) is 24.5 Å². The molecule has 0 atom stereocenters. The van der Waals surface area contributed by atoms with Gasteiger partial charge in [-0.15, -0.1) is 0 Å². The molecular formula is C22H18F2N6O4. The first-order chi connectivity index (χ1) is 16.2. The van der Waals surface area contributed by atoms with Crippen molar-refractivity contribution >= 4 is 11.6 Å². The number of aromatic nitrogens is 5. The Morgan fingerprint density at radius 3 is 2.59 bits per heavy atom. The zero-order valence-electron chi connectivity index (χ0n) is 18.1. The molecule has 2 aromatic carbocycles. The van der Waals surface area contributed by atoms with Crippen LogP contribution in [0.2, 0.25) is 0 Å². The highest BCUT2D eigenvalue weighted by Gasteiger charge is 2.19. The number of hydrogen-bond acceptors (Lipinski definition) is 7. The number of aryl methyl sites for hydroxylation is 2. The third kappa shape index (κ3) is 4.65. The predicted octanol–water partition coefficient (Wildman–Crippen LogP) is 2.14. The number of rotatable bonds is 6. The van der Waals surface area contributed by atoms with Gasteiger partial charge in [0.25, 0.3) is 5.56 Å². The Morgan fingerprint density at radius 2 is 1.85 bits per heavy atom. The first-order valence-corrected chi connectivity index (χ1v) is 10.1. The van der Waals surface area contributed by atoms with E-state index in [1.807, 2.05) is 6.92 Å². The molecule has 0 fully saturated rings. The summed E-state index contributed by atoms with van der Waals surface area (Å²) in [6, 6.07) is 9.65. The molecule has 1 amide bonds. The fourth-order valence-electron chi connectivity index (χ4n) is 3.05. The standard InChI is InChI=1S/C22H18F2N6O4/c1-12-3-6-14(7-4-12)30-22(33)29(2)21(32)19(27-30)20-26-18(34-28-20)10-9-17(31)25-16-11-13(23)5-8-15(16)24/h3-8,11H,9-10H2,1-2H3,(H,25,31). The molecule has 34 heavy (non-hydrogen) atoms. The maximum absolute atomic E-state index is 13.7. The van der Waals surface area contributed by atoms with Gasteiger partial charge in [-0.05, 0) is 31.2 Å². The summed E-state index contributed by atoms with van der Waals surface area (Å²) in [4.78, 5) is 41.3. The van der Waals surface area contributed by atoms with E-state index in [2.05, 4.69) is 20.6 Å². The van der Waals surface area contributed by atoms with Crippen molar-refractivity contribution in [2.24, 2.45) is 7.05 Å². The van der Waals surface area contributed by atoms with Gasteiger partial charge in [-0.3, -0.25) is 14.2 Å². The molecule has 4 aromatic rings. The van der Waals surface area contributed by atoms with Gasteiger partial charge in [-0.1, -0.05) is 22.9 Å². The molecule has 0 aliphatic carbocycles. The quantitative estimate of drug-likeness (QED) is 0.460. The molecule has 0 saturated carbocycles. The van der Waals surface area contributed by atoms with Gasteiger partial charge in [-0.2, -0.15) is 14.8 Å². The second-order valence-corrected chi connectivity index (χ2v) is 7.43. The Morgan fingerprint density at radius 1 is 1.12 bits per heavy atom. The monoisotopic (exact) mass is 468 g/mol. The number of nitrogens with one attached hydrogen (secondary N) is 1. The second kappa shape index (κ2) is 9.17. The average molecular weight is 468 g/mol. The molecule has 0 unspecified atom stereocenters. The lowest BCUT2D eigenvalue weighted by molar-refractivity contribution is -0.116. The van der Waals surface area contributed by atoms with Gasteiger partial charge >= 0.3 is 5.69 Å². The van der Waals surface area contributed by atoms with E-state index in [4.69, 9.17) is 4.52 Å². The number of anilines is 1. The number of halogens is 2. The summed E-state index contributed by atoms with van der Waals surface area (Å²) >= 11 is 0. The fraction of sp³-hybridized carbons (Fsp3) is 0.182. The SMILES string of the molecule is Cc1ccc(-n2nc(-c3noc(CCC(=O)Nc4cc(F)ccc4F)n3)c(=O)n(C)c2=O)cc1. The summed E-state index contributed by atoms with van der Waals surface area (Å²) in [6.45, 7) is 1.89. The Hall–Kier alpha value is -4.48. The van der Waals surface area contributed by atoms with E-state index < -0.39 is 28.8 Å². The van der Waals surface area contributed by atoms with E-state index in [9.17, 15) is 23.2 Å². The van der Waals surface area contributed by atoms with Crippen LogP contribution >= 0.6 is 0 Å². The highest BCUT2D eigenvalue weighted by molar-refractivity contribution is 5.90. The molecule has 2 aromatic heterocycles. The first-order valence-electron chi connectivity index (χ1n) is 10.1. The van der Waals surface area contributed by atoms with Crippen molar-refractivity contribution in [2.45, 2.75) is 19.8 Å². The van der Waals surface area contributed by atoms with Crippen LogP contribution in [0.4, 0.5) is 14.5 Å². The molecule has 0 aliphatic heterocycles. The first kappa shape index (κ1) is 22.7. The average Bonchev–Trinajstić information content (AvgIpc) is 3.28. The van der Waals surface area contributed by atoms with Crippen LogP contribution < -0.4 is 16.6 Å². The molecule has 10 nitrogen and oxygen atoms in total. The van der Waals surface area contributed by atoms with E-state index in [1.165, 1.54) is 7.05 Å². The molecule has 0 bridgehead atoms. The fourth-order valence-corrected chi connectivity index (χ4v) is 3.05. The van der Waals surface area contributed by atoms with E-state index >= 15 is 0 Å². The van der Waals surface area contributed by atoms with Gasteiger partial charge in [0.2, 0.25) is 17.6 Å². The van der Waals surface area contributed by atoms with E-state index in [-0.39, 0.29) is 35.9 Å². The van der Waals surface area contributed by atoms with E-state index in [0.717, 1.165) is 33.0 Å². The number of carbonyl (C=O) groups excluding carboxylic acids is 1. The van der Waals surface area contributed by atoms with Crippen molar-refractivity contribution in [2.75, 3.05) is 5.32 Å². The van der Waals surface area contributed by atoms with Gasteiger partial charge in [0.1, 0.15) is 11.6 Å². The second-order valence-electron chi connectivity index (χ2n) is 7.43. The largest absolute Gasteiger partial charge is 0.351 e. The lowest BCUT2D eigenvalue weighted by Crippen LogP contribution is -2.40. The van der Waals surface area contributed by atoms with Crippen LogP contribution in [0.3, 0.4) is 0 Å². The van der Waals surface area contributed by atoms with Crippen LogP contribution in [0.1, 0.15) is 17.9 Å². The van der Waals surface area contributed by atoms with Gasteiger partial charge in [-0.25, -0.2) is 13.6 Å². The van der Waals surface area contributed by atoms with Crippen LogP contribution in [-0.4, -0.2) is 30.4 Å². The normalized spacial score (nSPS) is 10.9. The molecule has 0 aliphatic rings. The van der Waals surface area contributed by atoms with Crippen LogP contribution in [0.15, 0.2) is 56.6 Å². The summed E-state index contributed by atoms with van der Waals surface area (Å²) in [5.41, 5.74) is -0.458. The van der Waals surface area contributed by atoms with Crippen molar-refractivity contribution in [1.29, 1.82) is 0 Å². The molecular weight excluding hydrogens is 450 g/mol. The highest BCUT2D eigenvalue weighted by Crippen LogP contribution is 2.16. The van der Waals surface area contributed by atoms with Crippen molar-refractivity contribution in [3.63, 3.8) is 0 Å². The molecule has 0 spiro atoms. The van der Waals surface area contributed by atoms with Crippen molar-refractivity contribution in [3.8, 4) is 17.2 Å². The minimum atomic E-state index is -0.777. The molecule has 12 heteroatoms. The van der Waals surface area contributed by atoms with Gasteiger partial charge < -0.3 is 9.84 Å². The number of amides is 1. The topological polar surface area (TPSA) is 125 Å². The third-order valence-electron chi connectivity index (χ3n) is 4.90. The van der Waals surface area contributed by atoms with Gasteiger partial charge in [0.15, 0.2) is 5.69 Å². The highest BCUT2D eigenvalue weighted by atomic mass is 19.1. The van der Waals surface area contributed by atoms with Crippen LogP contribution in [0.5, 0.6) is 0 Å². The summed E-state index contributed by atoms with van der Waals surface area (Å²) < 4.78 is 33.9. The summed E-state index contributed by atoms with van der Waals surface area (Å²) in [6.07, 6.45) is -0.209.